The van der Waals surface area contributed by atoms with Gasteiger partial charge in [-0.2, -0.15) is 0 Å². The summed E-state index contributed by atoms with van der Waals surface area (Å²) in [6.45, 7) is 9.81. The van der Waals surface area contributed by atoms with Crippen LogP contribution in [-0.4, -0.2) is 30.7 Å². The molecule has 0 radical (unpaired) electrons. The minimum atomic E-state index is -0.142. The quantitative estimate of drug-likeness (QED) is 0.379. The first-order chi connectivity index (χ1) is 15.2. The number of carbonyl (C=O) groups excluding carboxylic acids is 1. The van der Waals surface area contributed by atoms with Crippen molar-refractivity contribution in [2.45, 2.75) is 77.9 Å². The summed E-state index contributed by atoms with van der Waals surface area (Å²) in [5.41, 5.74) is 7.71. The number of ether oxygens (including phenoxy) is 2. The lowest BCUT2D eigenvalue weighted by molar-refractivity contribution is -0.157. The molecular weight excluding hydrogens is 445 g/mol. The number of nitrogens with two attached hydrogens (primary N) is 1. The van der Waals surface area contributed by atoms with E-state index < -0.39 is 0 Å². The van der Waals surface area contributed by atoms with Crippen molar-refractivity contribution >= 4 is 34.7 Å². The van der Waals surface area contributed by atoms with Crippen molar-refractivity contribution < 1.29 is 14.3 Å². The van der Waals surface area contributed by atoms with Crippen molar-refractivity contribution in [3.8, 4) is 0 Å². The van der Waals surface area contributed by atoms with Gasteiger partial charge in [0.05, 0.1) is 34.1 Å². The molecule has 4 nitrogen and oxygen atoms in total. The van der Waals surface area contributed by atoms with Gasteiger partial charge in [0.25, 0.3) is 0 Å². The molecule has 0 amide bonds. The monoisotopic (exact) mass is 481 g/mol. The molecule has 0 aromatic heterocycles. The lowest BCUT2D eigenvalue weighted by Gasteiger charge is -2.48. The zero-order valence-corrected chi connectivity index (χ0v) is 21.3. The van der Waals surface area contributed by atoms with Crippen molar-refractivity contribution in [2.24, 2.45) is 23.5 Å². The number of ketones is 1. The molecule has 2 aliphatic rings. The summed E-state index contributed by atoms with van der Waals surface area (Å²) in [6.07, 6.45) is 5.72. The summed E-state index contributed by atoms with van der Waals surface area (Å²) in [5.74, 6) is 0.864. The normalized spacial score (nSPS) is 29.0. The van der Waals surface area contributed by atoms with Crippen LogP contribution in [0.25, 0.3) is 5.70 Å². The van der Waals surface area contributed by atoms with Gasteiger partial charge in [0.15, 0.2) is 5.78 Å². The van der Waals surface area contributed by atoms with Crippen molar-refractivity contribution in [3.05, 3.63) is 39.4 Å². The molecule has 2 fully saturated rings. The van der Waals surface area contributed by atoms with Gasteiger partial charge in [0, 0.05) is 23.7 Å². The molecule has 1 aromatic carbocycles. The Morgan fingerprint density at radius 2 is 1.84 bits per heavy atom. The fourth-order valence-corrected chi connectivity index (χ4v) is 5.55. The Balaban J connectivity index is 1.79. The summed E-state index contributed by atoms with van der Waals surface area (Å²) < 4.78 is 12.7. The molecule has 2 N–H and O–H groups in total. The van der Waals surface area contributed by atoms with Gasteiger partial charge in [0.2, 0.25) is 0 Å². The van der Waals surface area contributed by atoms with Crippen LogP contribution < -0.4 is 5.73 Å². The second kappa shape index (κ2) is 10.9. The minimum absolute atomic E-state index is 0.0350. The maximum Gasteiger partial charge on any atom is 0.166 e. The molecule has 178 valence electrons. The molecule has 0 bridgehead atoms. The van der Waals surface area contributed by atoms with Gasteiger partial charge in [-0.3, -0.25) is 4.79 Å². The highest BCUT2D eigenvalue weighted by atomic mass is 35.5. The van der Waals surface area contributed by atoms with Crippen molar-refractivity contribution in [1.82, 2.24) is 0 Å². The van der Waals surface area contributed by atoms with E-state index in [-0.39, 0.29) is 30.0 Å². The third-order valence-electron chi connectivity index (χ3n) is 7.33. The summed E-state index contributed by atoms with van der Waals surface area (Å²) in [7, 11) is 0. The highest BCUT2D eigenvalue weighted by molar-refractivity contribution is 6.37. The van der Waals surface area contributed by atoms with Crippen molar-refractivity contribution in [1.29, 1.82) is 0 Å². The Kier molecular flexibility index (Phi) is 8.71. The van der Waals surface area contributed by atoms with Crippen LogP contribution in [-0.2, 0) is 14.3 Å². The van der Waals surface area contributed by atoms with Gasteiger partial charge >= 0.3 is 0 Å². The predicted molar refractivity (Wildman–Crippen MR) is 132 cm³/mol. The highest BCUT2D eigenvalue weighted by Gasteiger charge is 2.45. The summed E-state index contributed by atoms with van der Waals surface area (Å²) in [4.78, 5) is 13.1. The lowest BCUT2D eigenvalue weighted by atomic mass is 9.68. The average Bonchev–Trinajstić information content (AvgIpc) is 3.60. The Labute approximate surface area is 202 Å². The van der Waals surface area contributed by atoms with Crippen LogP contribution in [0.2, 0.25) is 10.0 Å². The molecule has 2 saturated carbocycles. The SMILES string of the molecule is CCCOC1(C)C(C)CC(OCC(C(=O)C2CC2)=C(N)c2c(Cl)cccc2Cl)CC1CC. The molecule has 1 aromatic rings. The van der Waals surface area contributed by atoms with E-state index in [1.165, 1.54) is 0 Å². The first kappa shape index (κ1) is 25.6. The van der Waals surface area contributed by atoms with E-state index in [4.69, 9.17) is 38.4 Å². The van der Waals surface area contributed by atoms with Crippen LogP contribution in [0.1, 0.15) is 71.8 Å². The maximum absolute atomic E-state index is 13.1. The van der Waals surface area contributed by atoms with Gasteiger partial charge in [-0.25, -0.2) is 0 Å². The Bertz CT molecular complexity index is 831. The first-order valence-electron chi connectivity index (χ1n) is 12.0. The van der Waals surface area contributed by atoms with Gasteiger partial charge < -0.3 is 15.2 Å². The molecule has 32 heavy (non-hydrogen) atoms. The van der Waals surface area contributed by atoms with Gasteiger partial charge in [-0.05, 0) is 63.0 Å². The van der Waals surface area contributed by atoms with E-state index in [2.05, 4.69) is 27.7 Å². The van der Waals surface area contributed by atoms with Crippen LogP contribution in [0.5, 0.6) is 0 Å². The van der Waals surface area contributed by atoms with Crippen LogP contribution >= 0.6 is 23.2 Å². The molecular formula is C26H37Cl2NO3. The lowest BCUT2D eigenvalue weighted by Crippen LogP contribution is -2.50. The van der Waals surface area contributed by atoms with Crippen LogP contribution in [0.15, 0.2) is 23.8 Å². The third kappa shape index (κ3) is 5.52. The molecule has 4 atom stereocenters. The van der Waals surface area contributed by atoms with Crippen molar-refractivity contribution in [3.63, 3.8) is 0 Å². The number of rotatable bonds is 10. The van der Waals surface area contributed by atoms with E-state index in [0.29, 0.717) is 38.7 Å². The molecule has 2 aliphatic carbocycles. The molecule has 0 aliphatic heterocycles. The largest absolute Gasteiger partial charge is 0.398 e. The smallest absolute Gasteiger partial charge is 0.166 e. The summed E-state index contributed by atoms with van der Waals surface area (Å²) in [5, 5.41) is 0.884. The van der Waals surface area contributed by atoms with Gasteiger partial charge in [-0.1, -0.05) is 56.5 Å². The molecule has 0 heterocycles. The van der Waals surface area contributed by atoms with Crippen LogP contribution in [0.3, 0.4) is 0 Å². The third-order valence-corrected chi connectivity index (χ3v) is 7.96. The topological polar surface area (TPSA) is 61.5 Å². The minimum Gasteiger partial charge on any atom is -0.398 e. The molecule has 6 heteroatoms. The molecule has 0 saturated heterocycles. The molecule has 0 spiro atoms. The summed E-state index contributed by atoms with van der Waals surface area (Å²) >= 11 is 12.8. The van der Waals surface area contributed by atoms with Crippen molar-refractivity contribution in [2.75, 3.05) is 13.2 Å². The van der Waals surface area contributed by atoms with E-state index in [1.54, 1.807) is 18.2 Å². The van der Waals surface area contributed by atoms with E-state index in [1.807, 2.05) is 0 Å². The van der Waals surface area contributed by atoms with E-state index >= 15 is 0 Å². The second-order valence-corrected chi connectivity index (χ2v) is 10.4. The zero-order chi connectivity index (χ0) is 23.5. The van der Waals surface area contributed by atoms with E-state index in [0.717, 1.165) is 45.1 Å². The van der Waals surface area contributed by atoms with E-state index in [9.17, 15) is 4.79 Å². The fourth-order valence-electron chi connectivity index (χ4n) is 4.95. The Hall–Kier alpha value is -1.07. The maximum atomic E-state index is 13.1. The van der Waals surface area contributed by atoms with Crippen LogP contribution in [0.4, 0.5) is 0 Å². The average molecular weight is 482 g/mol. The molecule has 4 unspecified atom stereocenters. The fraction of sp³-hybridized carbons (Fsp3) is 0.654. The first-order valence-corrected chi connectivity index (χ1v) is 12.7. The van der Waals surface area contributed by atoms with Gasteiger partial charge in [0.1, 0.15) is 0 Å². The Morgan fingerprint density at radius 1 is 1.19 bits per heavy atom. The number of halogens is 2. The number of carbonyl (C=O) groups is 1. The summed E-state index contributed by atoms with van der Waals surface area (Å²) in [6, 6.07) is 5.25. The highest BCUT2D eigenvalue weighted by Crippen LogP contribution is 2.44. The number of benzene rings is 1. The second-order valence-electron chi connectivity index (χ2n) is 9.57. The number of Topliss-reactive ketones (excluding diaryl/α,β-unsaturated/α-hetero) is 1. The number of hydrogen-bond acceptors (Lipinski definition) is 4. The predicted octanol–water partition coefficient (Wildman–Crippen LogP) is 6.67. The molecule has 3 rings (SSSR count). The zero-order valence-electron chi connectivity index (χ0n) is 19.8. The Morgan fingerprint density at radius 3 is 2.41 bits per heavy atom. The van der Waals surface area contributed by atoms with Gasteiger partial charge in [-0.15, -0.1) is 0 Å². The standard InChI is InChI=1S/C26H37Cl2NO3/c1-5-12-32-26(4)16(3)13-19(14-18(26)6-2)31-15-20(25(30)17-10-11-17)24(29)23-21(27)8-7-9-22(23)28/h7-9,16-19H,5-6,10-15,29H2,1-4H3. The number of hydrogen-bond donors (Lipinski definition) is 1. The van der Waals surface area contributed by atoms with Crippen LogP contribution in [0, 0.1) is 17.8 Å².